The number of para-hydroxylation sites is 1. The molecule has 0 saturated carbocycles. The molecule has 0 aromatic heterocycles. The summed E-state index contributed by atoms with van der Waals surface area (Å²) in [7, 11) is 0. The number of benzene rings is 1. The van der Waals surface area contributed by atoms with Gasteiger partial charge in [0.05, 0.1) is 0 Å². The van der Waals surface area contributed by atoms with Gasteiger partial charge in [0, 0.05) is 0 Å². The van der Waals surface area contributed by atoms with Crippen LogP contribution in [0.1, 0.15) is 26.3 Å². The van der Waals surface area contributed by atoms with Gasteiger partial charge in [0.15, 0.2) is 0 Å². The van der Waals surface area contributed by atoms with Crippen molar-refractivity contribution in [3.63, 3.8) is 0 Å². The molecule has 0 fully saturated rings. The van der Waals surface area contributed by atoms with Crippen molar-refractivity contribution in [2.24, 2.45) is 0 Å². The molecule has 0 bridgehead atoms. The average molecular weight is 272 g/mol. The maximum absolute atomic E-state index is 6.01. The third kappa shape index (κ3) is 6.11. The standard InChI is InChI=1S/C15H21O3.Na/c1-5-9-14-10-7-8-11-15(14)18-13(4)17-12(3)16-6-2;/h5,7-8,10-12H,1,6,9H2,2-4H3;. The number of allylic oxidation sites excluding steroid dienone is 1. The van der Waals surface area contributed by atoms with Crippen LogP contribution >= 0.6 is 0 Å². The van der Waals surface area contributed by atoms with E-state index in [1.54, 1.807) is 0 Å². The molecule has 1 aromatic rings. The summed E-state index contributed by atoms with van der Waals surface area (Å²) >= 11 is 0.740. The predicted molar refractivity (Wildman–Crippen MR) is 77.3 cm³/mol. The molecular formula is C15H21NaO3. The summed E-state index contributed by atoms with van der Waals surface area (Å²) in [5, 5.41) is 0. The normalized spacial score (nSPS) is 15.6. The van der Waals surface area contributed by atoms with Crippen LogP contribution in [0.2, 0.25) is 0 Å². The molecule has 0 aliphatic heterocycles. The predicted octanol–water partition coefficient (Wildman–Crippen LogP) is 3.04. The van der Waals surface area contributed by atoms with Gasteiger partial charge in [-0.05, 0) is 0 Å². The van der Waals surface area contributed by atoms with Crippen LogP contribution in [0, 0.1) is 0 Å². The molecular weight excluding hydrogens is 251 g/mol. The minimum atomic E-state index is -0.605. The summed E-state index contributed by atoms with van der Waals surface area (Å²) in [6, 6.07) is 7.97. The first-order valence-electron chi connectivity index (χ1n) is 6.65. The van der Waals surface area contributed by atoms with Crippen molar-refractivity contribution in [3.8, 4) is 5.75 Å². The third-order valence-corrected chi connectivity index (χ3v) is 2.98. The van der Waals surface area contributed by atoms with E-state index < -0.39 is 3.04 Å². The molecule has 1 aromatic carbocycles. The molecule has 0 amide bonds. The maximum atomic E-state index is 6.01. The van der Waals surface area contributed by atoms with E-state index >= 15 is 0 Å². The van der Waals surface area contributed by atoms with Crippen LogP contribution in [-0.2, 0) is 15.9 Å². The Kier molecular flexibility index (Phi) is 7.11. The van der Waals surface area contributed by atoms with Crippen molar-refractivity contribution in [3.05, 3.63) is 42.5 Å². The number of hydrogen-bond donors (Lipinski definition) is 0. The zero-order valence-electron chi connectivity index (χ0n) is 12.3. The minimum absolute atomic E-state index is 0.265. The Bertz CT molecular complexity index is 404. The quantitative estimate of drug-likeness (QED) is 0.413. The van der Waals surface area contributed by atoms with E-state index in [0.29, 0.717) is 6.61 Å². The molecule has 3 nitrogen and oxygen atoms in total. The van der Waals surface area contributed by atoms with Gasteiger partial charge >= 0.3 is 134 Å². The second kappa shape index (κ2) is 8.08. The average Bonchev–Trinajstić information content (AvgIpc) is 2.31. The SMILES string of the molecule is C=CCc1ccccc1O[C](C)([Na])OC(C)OCC. The molecule has 100 valence electrons. The molecule has 0 aliphatic carbocycles. The van der Waals surface area contributed by atoms with E-state index in [1.807, 2.05) is 51.1 Å². The monoisotopic (exact) mass is 272 g/mol. The fourth-order valence-corrected chi connectivity index (χ4v) is 2.44. The van der Waals surface area contributed by atoms with Crippen LogP contribution in [0.25, 0.3) is 0 Å². The summed E-state index contributed by atoms with van der Waals surface area (Å²) in [5.74, 6) is 0.851. The Morgan fingerprint density at radius 1 is 1.42 bits per heavy atom. The van der Waals surface area contributed by atoms with Gasteiger partial charge in [-0.3, -0.25) is 0 Å². The van der Waals surface area contributed by atoms with Gasteiger partial charge in [0.1, 0.15) is 0 Å². The van der Waals surface area contributed by atoms with Gasteiger partial charge in [-0.25, -0.2) is 0 Å². The second-order valence-corrected chi connectivity index (χ2v) is 6.56. The first-order chi connectivity index (χ1) is 8.98. The van der Waals surface area contributed by atoms with Crippen molar-refractivity contribution in [2.75, 3.05) is 6.61 Å². The Balaban J connectivity index is 2.74. The first-order valence-corrected chi connectivity index (χ1v) is 7.65. The fourth-order valence-electron chi connectivity index (χ4n) is 1.88. The summed E-state index contributed by atoms with van der Waals surface area (Å²) < 4.78 is 16.6. The van der Waals surface area contributed by atoms with Gasteiger partial charge in [-0.15, -0.1) is 0 Å². The molecule has 19 heavy (non-hydrogen) atoms. The van der Waals surface area contributed by atoms with Crippen LogP contribution in [0.5, 0.6) is 5.75 Å². The van der Waals surface area contributed by atoms with E-state index in [-0.39, 0.29) is 6.29 Å². The van der Waals surface area contributed by atoms with E-state index in [4.69, 9.17) is 14.2 Å². The summed E-state index contributed by atoms with van der Waals surface area (Å²) in [6.07, 6.45) is 2.39. The molecule has 0 saturated heterocycles. The Morgan fingerprint density at radius 3 is 2.74 bits per heavy atom. The molecule has 1 rings (SSSR count). The summed E-state index contributed by atoms with van der Waals surface area (Å²) in [5.41, 5.74) is 1.12. The molecule has 0 heterocycles. The fraction of sp³-hybridized carbons (Fsp3) is 0.467. The second-order valence-electron chi connectivity index (χ2n) is 4.74. The topological polar surface area (TPSA) is 27.7 Å². The van der Waals surface area contributed by atoms with E-state index in [2.05, 4.69) is 6.58 Å². The van der Waals surface area contributed by atoms with Crippen LogP contribution in [-0.4, -0.2) is 43.9 Å². The summed E-state index contributed by atoms with van der Waals surface area (Å²) in [4.78, 5) is 0. The Morgan fingerprint density at radius 2 is 2.11 bits per heavy atom. The van der Waals surface area contributed by atoms with Crippen molar-refractivity contribution in [2.45, 2.75) is 36.5 Å². The van der Waals surface area contributed by atoms with Gasteiger partial charge in [0.25, 0.3) is 0 Å². The zero-order valence-corrected chi connectivity index (χ0v) is 14.3. The molecule has 0 radical (unpaired) electrons. The number of rotatable bonds is 8. The van der Waals surface area contributed by atoms with Gasteiger partial charge < -0.3 is 0 Å². The molecule has 0 N–H and O–H groups in total. The van der Waals surface area contributed by atoms with Crippen LogP contribution in [0.4, 0.5) is 0 Å². The van der Waals surface area contributed by atoms with Crippen LogP contribution < -0.4 is 4.74 Å². The van der Waals surface area contributed by atoms with Crippen molar-refractivity contribution in [1.29, 1.82) is 0 Å². The third-order valence-electron chi connectivity index (χ3n) is 2.54. The molecule has 2 unspecified atom stereocenters. The van der Waals surface area contributed by atoms with E-state index in [0.717, 1.165) is 45.7 Å². The van der Waals surface area contributed by atoms with Gasteiger partial charge in [-0.1, -0.05) is 0 Å². The van der Waals surface area contributed by atoms with Crippen LogP contribution in [0.15, 0.2) is 36.9 Å². The molecule has 0 aliphatic rings. The van der Waals surface area contributed by atoms with Crippen LogP contribution in [0.3, 0.4) is 0 Å². The van der Waals surface area contributed by atoms with Crippen molar-refractivity contribution >= 4 is 27.9 Å². The zero-order chi connectivity index (χ0) is 14.3. The number of ether oxygens (including phenoxy) is 3. The Hall–Kier alpha value is -0.320. The number of hydrogen-bond acceptors (Lipinski definition) is 3. The van der Waals surface area contributed by atoms with Gasteiger partial charge in [0.2, 0.25) is 0 Å². The molecule has 2 atom stereocenters. The molecule has 0 spiro atoms. The van der Waals surface area contributed by atoms with Crippen molar-refractivity contribution < 1.29 is 14.2 Å². The van der Waals surface area contributed by atoms with E-state index in [9.17, 15) is 0 Å². The van der Waals surface area contributed by atoms with Crippen molar-refractivity contribution in [1.82, 2.24) is 0 Å². The Labute approximate surface area is 133 Å². The van der Waals surface area contributed by atoms with E-state index in [1.165, 1.54) is 0 Å². The summed E-state index contributed by atoms with van der Waals surface area (Å²) in [6.45, 7) is 10.2. The van der Waals surface area contributed by atoms with Gasteiger partial charge in [-0.2, -0.15) is 0 Å². The first kappa shape index (κ1) is 16.7. The molecule has 4 heteroatoms.